The number of rotatable bonds is 11. The standard InChI is InChI=1S/C24H28N2O6S/c1-33-13-11-20(22(28)25-21(10-12-27)23(29)30)26-24(31)32-14-19-17-8-4-2-6-15(17)16-7-3-5-9-18(16)19/h2-9,19-21,27H,10-14H2,1H3,(H,25,28)(H,26,31)(H,29,30)/t20-,21?/m0/s1. The molecule has 1 unspecified atom stereocenters. The Morgan fingerprint density at radius 2 is 1.58 bits per heavy atom. The Balaban J connectivity index is 1.65. The molecule has 0 aliphatic heterocycles. The first-order chi connectivity index (χ1) is 16.0. The van der Waals surface area contributed by atoms with Gasteiger partial charge in [-0.1, -0.05) is 48.5 Å². The molecule has 33 heavy (non-hydrogen) atoms. The molecule has 176 valence electrons. The predicted molar refractivity (Wildman–Crippen MR) is 126 cm³/mol. The van der Waals surface area contributed by atoms with Gasteiger partial charge in [-0.15, -0.1) is 0 Å². The second-order valence-corrected chi connectivity index (χ2v) is 8.70. The number of ether oxygens (including phenoxy) is 1. The highest BCUT2D eigenvalue weighted by Gasteiger charge is 2.30. The first kappa shape index (κ1) is 24.6. The van der Waals surface area contributed by atoms with Crippen LogP contribution in [0.2, 0.25) is 0 Å². The third-order valence-corrected chi connectivity index (χ3v) is 6.24. The van der Waals surface area contributed by atoms with Crippen molar-refractivity contribution in [3.8, 4) is 11.1 Å². The van der Waals surface area contributed by atoms with Gasteiger partial charge in [0, 0.05) is 18.9 Å². The summed E-state index contributed by atoms with van der Waals surface area (Å²) in [6.07, 6.45) is 1.31. The molecule has 0 saturated carbocycles. The number of alkyl carbamates (subject to hydrolysis) is 1. The first-order valence-electron chi connectivity index (χ1n) is 10.7. The van der Waals surface area contributed by atoms with Crippen molar-refractivity contribution in [2.75, 3.05) is 25.2 Å². The lowest BCUT2D eigenvalue weighted by atomic mass is 9.98. The number of aliphatic carboxylic acids is 1. The van der Waals surface area contributed by atoms with E-state index in [0.29, 0.717) is 12.2 Å². The second-order valence-electron chi connectivity index (χ2n) is 7.72. The van der Waals surface area contributed by atoms with Crippen molar-refractivity contribution >= 4 is 29.7 Å². The fourth-order valence-corrected chi connectivity index (χ4v) is 4.42. The van der Waals surface area contributed by atoms with Gasteiger partial charge in [0.15, 0.2) is 0 Å². The van der Waals surface area contributed by atoms with Gasteiger partial charge in [-0.2, -0.15) is 11.8 Å². The number of amides is 2. The Morgan fingerprint density at radius 3 is 2.12 bits per heavy atom. The molecule has 8 nitrogen and oxygen atoms in total. The zero-order valence-electron chi connectivity index (χ0n) is 18.3. The highest BCUT2D eigenvalue weighted by atomic mass is 32.2. The average molecular weight is 473 g/mol. The SMILES string of the molecule is CSCC[C@H](NC(=O)OCC1c2ccccc2-c2ccccc21)C(=O)NC(CCO)C(=O)O. The first-order valence-corrected chi connectivity index (χ1v) is 12.1. The van der Waals surface area contributed by atoms with Gasteiger partial charge >= 0.3 is 12.1 Å². The van der Waals surface area contributed by atoms with E-state index in [0.717, 1.165) is 22.3 Å². The number of carbonyl (C=O) groups is 3. The van der Waals surface area contributed by atoms with Crippen LogP contribution in [0.15, 0.2) is 48.5 Å². The van der Waals surface area contributed by atoms with Crippen molar-refractivity contribution in [1.29, 1.82) is 0 Å². The van der Waals surface area contributed by atoms with Crippen LogP contribution >= 0.6 is 11.8 Å². The number of carboxylic acids is 1. The number of thioether (sulfide) groups is 1. The Kier molecular flexibility index (Phi) is 8.73. The predicted octanol–water partition coefficient (Wildman–Crippen LogP) is 2.60. The topological polar surface area (TPSA) is 125 Å². The van der Waals surface area contributed by atoms with Crippen LogP contribution in [0.4, 0.5) is 4.79 Å². The van der Waals surface area contributed by atoms with E-state index in [4.69, 9.17) is 9.84 Å². The lowest BCUT2D eigenvalue weighted by Gasteiger charge is -2.21. The molecule has 9 heteroatoms. The van der Waals surface area contributed by atoms with Gasteiger partial charge in [0.25, 0.3) is 0 Å². The lowest BCUT2D eigenvalue weighted by Crippen LogP contribution is -2.52. The minimum Gasteiger partial charge on any atom is -0.480 e. The number of fused-ring (bicyclic) bond motifs is 3. The summed E-state index contributed by atoms with van der Waals surface area (Å²) in [5.74, 6) is -1.40. The fourth-order valence-electron chi connectivity index (χ4n) is 3.95. The summed E-state index contributed by atoms with van der Waals surface area (Å²) in [6, 6.07) is 13.8. The van der Waals surface area contributed by atoms with Gasteiger partial charge in [0.05, 0.1) is 0 Å². The summed E-state index contributed by atoms with van der Waals surface area (Å²) in [4.78, 5) is 36.5. The molecule has 3 rings (SSSR count). The van der Waals surface area contributed by atoms with Crippen LogP contribution < -0.4 is 10.6 Å². The Labute approximate surface area is 196 Å². The smallest absolute Gasteiger partial charge is 0.407 e. The van der Waals surface area contributed by atoms with E-state index >= 15 is 0 Å². The maximum Gasteiger partial charge on any atom is 0.407 e. The largest absolute Gasteiger partial charge is 0.480 e. The lowest BCUT2D eigenvalue weighted by molar-refractivity contribution is -0.142. The van der Waals surface area contributed by atoms with E-state index in [1.165, 1.54) is 11.8 Å². The summed E-state index contributed by atoms with van der Waals surface area (Å²) < 4.78 is 5.51. The van der Waals surface area contributed by atoms with Crippen molar-refractivity contribution in [2.45, 2.75) is 30.8 Å². The quantitative estimate of drug-likeness (QED) is 0.396. The number of aliphatic hydroxyl groups excluding tert-OH is 1. The summed E-state index contributed by atoms with van der Waals surface area (Å²) >= 11 is 1.50. The molecule has 0 fully saturated rings. The van der Waals surface area contributed by atoms with Gasteiger partial charge in [-0.05, 0) is 40.7 Å². The van der Waals surface area contributed by atoms with Crippen molar-refractivity contribution in [3.63, 3.8) is 0 Å². The molecule has 2 atom stereocenters. The van der Waals surface area contributed by atoms with Crippen LogP contribution in [0.5, 0.6) is 0 Å². The van der Waals surface area contributed by atoms with E-state index in [9.17, 15) is 19.5 Å². The van der Waals surface area contributed by atoms with E-state index in [2.05, 4.69) is 10.6 Å². The average Bonchev–Trinajstić information content (AvgIpc) is 3.13. The van der Waals surface area contributed by atoms with E-state index in [1.54, 1.807) is 0 Å². The number of carbonyl (C=O) groups excluding carboxylic acids is 2. The van der Waals surface area contributed by atoms with Crippen molar-refractivity contribution in [3.05, 3.63) is 59.7 Å². The van der Waals surface area contributed by atoms with Crippen LogP contribution in [0.25, 0.3) is 11.1 Å². The maximum atomic E-state index is 12.6. The molecule has 0 spiro atoms. The molecule has 1 aliphatic carbocycles. The minimum atomic E-state index is -1.25. The molecule has 2 amide bonds. The van der Waals surface area contributed by atoms with E-state index < -0.39 is 30.1 Å². The van der Waals surface area contributed by atoms with Gasteiger partial charge in [-0.25, -0.2) is 9.59 Å². The number of nitrogens with one attached hydrogen (secondary N) is 2. The molecule has 2 aromatic carbocycles. The molecular formula is C24H28N2O6S. The molecule has 2 aromatic rings. The van der Waals surface area contributed by atoms with Gasteiger partial charge < -0.3 is 25.6 Å². The Morgan fingerprint density at radius 1 is 0.970 bits per heavy atom. The number of carboxylic acid groups (broad SMARTS) is 1. The number of hydrogen-bond acceptors (Lipinski definition) is 6. The molecule has 4 N–H and O–H groups in total. The van der Waals surface area contributed by atoms with Crippen LogP contribution in [0, 0.1) is 0 Å². The normalized spacial score (nSPS) is 14.0. The molecule has 0 heterocycles. The Hall–Kier alpha value is -3.04. The zero-order chi connectivity index (χ0) is 23.8. The van der Waals surface area contributed by atoms with Crippen LogP contribution in [0.3, 0.4) is 0 Å². The summed E-state index contributed by atoms with van der Waals surface area (Å²) in [7, 11) is 0. The van der Waals surface area contributed by atoms with Crippen molar-refractivity contribution < 1.29 is 29.3 Å². The molecular weight excluding hydrogens is 444 g/mol. The van der Waals surface area contributed by atoms with Crippen LogP contribution in [-0.4, -0.2) is 65.5 Å². The van der Waals surface area contributed by atoms with Crippen molar-refractivity contribution in [1.82, 2.24) is 10.6 Å². The maximum absolute atomic E-state index is 12.6. The van der Waals surface area contributed by atoms with Crippen molar-refractivity contribution in [2.24, 2.45) is 0 Å². The summed E-state index contributed by atoms with van der Waals surface area (Å²) in [6.45, 7) is -0.272. The van der Waals surface area contributed by atoms with Crippen LogP contribution in [0.1, 0.15) is 29.9 Å². The number of benzene rings is 2. The third-order valence-electron chi connectivity index (χ3n) is 5.60. The van der Waals surface area contributed by atoms with E-state index in [1.807, 2.05) is 54.8 Å². The molecule has 1 aliphatic rings. The second kappa shape index (κ2) is 11.7. The van der Waals surface area contributed by atoms with Gasteiger partial charge in [-0.3, -0.25) is 4.79 Å². The monoisotopic (exact) mass is 472 g/mol. The van der Waals surface area contributed by atoms with Crippen LogP contribution in [-0.2, 0) is 14.3 Å². The van der Waals surface area contributed by atoms with Gasteiger partial charge in [0.1, 0.15) is 18.7 Å². The van der Waals surface area contributed by atoms with E-state index in [-0.39, 0.29) is 25.6 Å². The summed E-state index contributed by atoms with van der Waals surface area (Å²) in [5.41, 5.74) is 4.39. The molecule has 0 aromatic heterocycles. The molecule has 0 bridgehead atoms. The van der Waals surface area contributed by atoms with Gasteiger partial charge in [0.2, 0.25) is 5.91 Å². The Bertz CT molecular complexity index is 953. The third kappa shape index (κ3) is 6.06. The number of aliphatic hydroxyl groups is 1. The molecule has 0 radical (unpaired) electrons. The number of hydrogen-bond donors (Lipinski definition) is 4. The highest BCUT2D eigenvalue weighted by Crippen LogP contribution is 2.44. The summed E-state index contributed by atoms with van der Waals surface area (Å²) in [5, 5.41) is 23.2. The molecule has 0 saturated heterocycles. The fraction of sp³-hybridized carbons (Fsp3) is 0.375. The zero-order valence-corrected chi connectivity index (χ0v) is 19.1. The minimum absolute atomic E-state index is 0.109. The highest BCUT2D eigenvalue weighted by molar-refractivity contribution is 7.98.